The minimum atomic E-state index is 0.707. The Morgan fingerprint density at radius 2 is 1.94 bits per heavy atom. The molecule has 0 radical (unpaired) electrons. The molecule has 0 aliphatic heterocycles. The van der Waals surface area contributed by atoms with E-state index in [0.717, 1.165) is 50.8 Å². The maximum absolute atomic E-state index is 6.09. The van der Waals surface area contributed by atoms with Crippen molar-refractivity contribution in [3.8, 4) is 11.5 Å². The first-order valence-corrected chi connectivity index (χ1v) is 11.6. The van der Waals surface area contributed by atoms with Gasteiger partial charge in [-0.05, 0) is 54.4 Å². The van der Waals surface area contributed by atoms with Gasteiger partial charge in [-0.15, -0.1) is 11.3 Å². The zero-order valence-electron chi connectivity index (χ0n) is 18.2. The molecule has 0 atom stereocenters. The van der Waals surface area contributed by atoms with Gasteiger partial charge in [0.15, 0.2) is 5.65 Å². The molecule has 34 heavy (non-hydrogen) atoms. The summed E-state index contributed by atoms with van der Waals surface area (Å²) in [6.07, 6.45) is 7.54. The Morgan fingerprint density at radius 1 is 0.971 bits per heavy atom. The molecule has 0 spiro atoms. The van der Waals surface area contributed by atoms with Gasteiger partial charge in [0.25, 0.3) is 0 Å². The van der Waals surface area contributed by atoms with Gasteiger partial charge in [0.1, 0.15) is 30.0 Å². The molecule has 8 nitrogen and oxygen atoms in total. The molecule has 6 aromatic rings. The number of aryl methyl sites for hydroxylation is 1. The molecule has 0 aliphatic rings. The number of rotatable bonds is 6. The van der Waals surface area contributed by atoms with Crippen LogP contribution >= 0.6 is 11.3 Å². The highest BCUT2D eigenvalue weighted by atomic mass is 32.1. The van der Waals surface area contributed by atoms with Crippen LogP contribution in [0.5, 0.6) is 11.5 Å². The topological polar surface area (TPSA) is 90.1 Å². The van der Waals surface area contributed by atoms with E-state index < -0.39 is 0 Å². The number of benzene rings is 2. The Bertz CT molecular complexity index is 1610. The van der Waals surface area contributed by atoms with Gasteiger partial charge in [0.2, 0.25) is 0 Å². The van der Waals surface area contributed by atoms with Crippen LogP contribution in [-0.2, 0) is 6.42 Å². The van der Waals surface area contributed by atoms with E-state index in [1.54, 1.807) is 22.2 Å². The summed E-state index contributed by atoms with van der Waals surface area (Å²) in [5, 5.41) is 11.6. The van der Waals surface area contributed by atoms with E-state index in [1.165, 1.54) is 11.9 Å². The van der Waals surface area contributed by atoms with Gasteiger partial charge in [0, 0.05) is 41.3 Å². The van der Waals surface area contributed by atoms with Crippen molar-refractivity contribution in [2.24, 2.45) is 0 Å². The first kappa shape index (κ1) is 20.3. The lowest BCUT2D eigenvalue weighted by Crippen LogP contribution is -1.98. The average molecular weight is 466 g/mol. The lowest BCUT2D eigenvalue weighted by atomic mass is 10.1. The monoisotopic (exact) mass is 465 g/mol. The molecule has 1 N–H and O–H groups in total. The number of thiazole rings is 1. The van der Waals surface area contributed by atoms with Crippen LogP contribution in [0, 0.1) is 6.92 Å². The summed E-state index contributed by atoms with van der Waals surface area (Å²) >= 11 is 1.66. The number of aromatic nitrogens is 6. The van der Waals surface area contributed by atoms with Gasteiger partial charge in [-0.2, -0.15) is 5.10 Å². The fourth-order valence-corrected chi connectivity index (χ4v) is 4.44. The van der Waals surface area contributed by atoms with Gasteiger partial charge < -0.3 is 10.1 Å². The first-order valence-electron chi connectivity index (χ1n) is 10.7. The third-order valence-electron chi connectivity index (χ3n) is 5.46. The maximum Gasteiger partial charge on any atom is 0.158 e. The summed E-state index contributed by atoms with van der Waals surface area (Å²) in [4.78, 5) is 17.5. The summed E-state index contributed by atoms with van der Waals surface area (Å²) in [5.41, 5.74) is 4.71. The van der Waals surface area contributed by atoms with Gasteiger partial charge in [-0.1, -0.05) is 6.07 Å². The predicted octanol–water partition coefficient (Wildman–Crippen LogP) is 5.56. The molecule has 0 saturated heterocycles. The number of fused-ring (bicyclic) bond motifs is 2. The highest BCUT2D eigenvalue weighted by Crippen LogP contribution is 2.30. The van der Waals surface area contributed by atoms with Crippen LogP contribution in [0.1, 0.15) is 16.1 Å². The highest BCUT2D eigenvalue weighted by molar-refractivity contribution is 7.09. The van der Waals surface area contributed by atoms with Crippen molar-refractivity contribution < 1.29 is 4.74 Å². The van der Waals surface area contributed by atoms with Crippen LogP contribution in [0.3, 0.4) is 0 Å². The molecular formula is C25H19N7OS. The number of hydrogen-bond donors (Lipinski definition) is 1. The smallest absolute Gasteiger partial charge is 0.158 e. The number of nitrogens with zero attached hydrogens (tertiary/aromatic N) is 6. The van der Waals surface area contributed by atoms with Gasteiger partial charge in [-0.3, -0.25) is 0 Å². The standard InChI is InChI=1S/C25H19N7OS/c1-16-10-18(3-5-22(16)33-19-6-8-32-23(13-19)28-15-30-32)31-25-20-11-17(12-24-26-7-9-34-24)2-4-21(20)27-14-29-25/h2-11,13-15H,12H2,1H3,(H,27,29,31). The zero-order valence-corrected chi connectivity index (χ0v) is 19.0. The van der Waals surface area contributed by atoms with E-state index in [-0.39, 0.29) is 0 Å². The molecule has 166 valence electrons. The van der Waals surface area contributed by atoms with E-state index in [1.807, 2.05) is 61.1 Å². The lowest BCUT2D eigenvalue weighted by Gasteiger charge is -2.13. The minimum absolute atomic E-state index is 0.707. The van der Waals surface area contributed by atoms with Gasteiger partial charge in [0.05, 0.1) is 10.5 Å². The molecule has 0 bridgehead atoms. The van der Waals surface area contributed by atoms with Crippen LogP contribution in [0.2, 0.25) is 0 Å². The van der Waals surface area contributed by atoms with Crippen molar-refractivity contribution >= 4 is 39.4 Å². The molecule has 9 heteroatoms. The zero-order chi connectivity index (χ0) is 22.9. The molecule has 0 amide bonds. The SMILES string of the molecule is Cc1cc(Nc2ncnc3ccc(Cc4nccs4)cc23)ccc1Oc1ccn2ncnc2c1. The normalized spacial score (nSPS) is 11.2. The number of pyridine rings is 1. The predicted molar refractivity (Wildman–Crippen MR) is 132 cm³/mol. The van der Waals surface area contributed by atoms with Crippen LogP contribution in [0.25, 0.3) is 16.6 Å². The van der Waals surface area contributed by atoms with Crippen LogP contribution in [0.4, 0.5) is 11.5 Å². The van der Waals surface area contributed by atoms with Crippen molar-refractivity contribution in [3.05, 3.63) is 95.1 Å². The quantitative estimate of drug-likeness (QED) is 0.344. The molecule has 0 unspecified atom stereocenters. The second kappa shape index (κ2) is 8.53. The second-order valence-electron chi connectivity index (χ2n) is 7.81. The number of anilines is 2. The number of hydrogen-bond acceptors (Lipinski definition) is 8. The third-order valence-corrected chi connectivity index (χ3v) is 6.24. The maximum atomic E-state index is 6.09. The largest absolute Gasteiger partial charge is 0.457 e. The van der Waals surface area contributed by atoms with Gasteiger partial charge >= 0.3 is 0 Å². The van der Waals surface area contributed by atoms with E-state index in [9.17, 15) is 0 Å². The summed E-state index contributed by atoms with van der Waals surface area (Å²) in [6, 6.07) is 15.9. The molecule has 4 heterocycles. The van der Waals surface area contributed by atoms with Gasteiger partial charge in [-0.25, -0.2) is 24.5 Å². The fourth-order valence-electron chi connectivity index (χ4n) is 3.79. The summed E-state index contributed by atoms with van der Waals surface area (Å²) < 4.78 is 7.78. The Labute approximate surface area is 199 Å². The average Bonchev–Trinajstić information content (AvgIpc) is 3.53. The minimum Gasteiger partial charge on any atom is -0.457 e. The molecule has 6 rings (SSSR count). The van der Waals surface area contributed by atoms with E-state index in [0.29, 0.717) is 5.75 Å². The summed E-state index contributed by atoms with van der Waals surface area (Å²) in [7, 11) is 0. The Kier molecular flexibility index (Phi) is 5.08. The van der Waals surface area contributed by atoms with Crippen LogP contribution in [-0.4, -0.2) is 29.5 Å². The van der Waals surface area contributed by atoms with Crippen molar-refractivity contribution in [1.82, 2.24) is 29.5 Å². The number of nitrogens with one attached hydrogen (secondary N) is 1. The van der Waals surface area contributed by atoms with E-state index >= 15 is 0 Å². The van der Waals surface area contributed by atoms with Crippen LogP contribution < -0.4 is 10.1 Å². The van der Waals surface area contributed by atoms with Crippen molar-refractivity contribution in [3.63, 3.8) is 0 Å². The summed E-state index contributed by atoms with van der Waals surface area (Å²) in [6.45, 7) is 2.01. The second-order valence-corrected chi connectivity index (χ2v) is 8.79. The lowest BCUT2D eigenvalue weighted by molar-refractivity contribution is 0.478. The molecule has 0 fully saturated rings. The molecule has 0 saturated carbocycles. The molecular weight excluding hydrogens is 446 g/mol. The van der Waals surface area contributed by atoms with Crippen molar-refractivity contribution in [1.29, 1.82) is 0 Å². The number of ether oxygens (including phenoxy) is 1. The molecule has 2 aromatic carbocycles. The van der Waals surface area contributed by atoms with E-state index in [2.05, 4.69) is 42.5 Å². The first-order chi connectivity index (χ1) is 16.7. The van der Waals surface area contributed by atoms with Crippen LogP contribution in [0.15, 0.2) is 79.0 Å². The molecule has 4 aromatic heterocycles. The Balaban J connectivity index is 1.25. The summed E-state index contributed by atoms with van der Waals surface area (Å²) in [5.74, 6) is 2.24. The Morgan fingerprint density at radius 3 is 2.82 bits per heavy atom. The third kappa shape index (κ3) is 4.04. The highest BCUT2D eigenvalue weighted by Gasteiger charge is 2.09. The van der Waals surface area contributed by atoms with Crippen molar-refractivity contribution in [2.75, 3.05) is 5.32 Å². The van der Waals surface area contributed by atoms with E-state index in [4.69, 9.17) is 4.74 Å². The Hall–Kier alpha value is -4.37. The van der Waals surface area contributed by atoms with Crippen molar-refractivity contribution in [2.45, 2.75) is 13.3 Å². The molecule has 0 aliphatic carbocycles. The fraction of sp³-hybridized carbons (Fsp3) is 0.0800.